The molecule has 2 rings (SSSR count). The van der Waals surface area contributed by atoms with Crippen LogP contribution in [0.15, 0.2) is 9.42 Å². The van der Waals surface area contributed by atoms with Crippen molar-refractivity contribution in [3.63, 3.8) is 0 Å². The number of piperazine rings is 1. The molecule has 0 spiro atoms. The highest BCUT2D eigenvalue weighted by atomic mass is 32.2. The molecule has 0 atom stereocenters. The Labute approximate surface area is 123 Å². The molecule has 0 saturated carbocycles. The number of amides is 1. The normalized spacial score (nSPS) is 16.7. The average molecular weight is 312 g/mol. The van der Waals surface area contributed by atoms with E-state index in [9.17, 15) is 13.2 Å². The Morgan fingerprint density at radius 2 is 1.95 bits per heavy atom. The van der Waals surface area contributed by atoms with Crippen molar-refractivity contribution in [3.05, 3.63) is 11.5 Å². The van der Waals surface area contributed by atoms with Crippen LogP contribution in [0.25, 0.3) is 0 Å². The van der Waals surface area contributed by atoms with E-state index < -0.39 is 10.0 Å². The van der Waals surface area contributed by atoms with Crippen LogP contribution in [0.5, 0.6) is 0 Å². The first kappa shape index (κ1) is 15.5. The summed E-state index contributed by atoms with van der Waals surface area (Å²) in [6, 6.07) is 1.80. The van der Waals surface area contributed by atoms with Gasteiger partial charge in [-0.2, -0.15) is 9.57 Å². The lowest BCUT2D eigenvalue weighted by Crippen LogP contribution is -2.50. The Morgan fingerprint density at radius 1 is 1.33 bits per heavy atom. The molecule has 1 saturated heterocycles. The van der Waals surface area contributed by atoms with E-state index in [4.69, 9.17) is 9.78 Å². The van der Waals surface area contributed by atoms with Gasteiger partial charge in [0.05, 0.1) is 6.07 Å². The van der Waals surface area contributed by atoms with E-state index in [1.165, 1.54) is 9.21 Å². The Balaban J connectivity index is 2.12. The maximum absolute atomic E-state index is 12.6. The van der Waals surface area contributed by atoms with Crippen molar-refractivity contribution in [2.75, 3.05) is 26.2 Å². The summed E-state index contributed by atoms with van der Waals surface area (Å²) in [6.45, 7) is 4.09. The first-order chi connectivity index (χ1) is 9.87. The number of hydrogen-bond donors (Lipinski definition) is 0. The number of nitriles is 1. The minimum Gasteiger partial charge on any atom is -0.360 e. The second-order valence-corrected chi connectivity index (χ2v) is 6.65. The topological polar surface area (TPSA) is 108 Å². The number of carbonyl (C=O) groups is 1. The molecule has 8 nitrogen and oxygen atoms in total. The van der Waals surface area contributed by atoms with Crippen molar-refractivity contribution in [2.24, 2.45) is 0 Å². The maximum Gasteiger partial charge on any atom is 0.248 e. The molecule has 1 aromatic heterocycles. The Morgan fingerprint density at radius 3 is 2.43 bits per heavy atom. The van der Waals surface area contributed by atoms with Crippen LogP contribution < -0.4 is 0 Å². The first-order valence-electron chi connectivity index (χ1n) is 6.45. The fourth-order valence-corrected chi connectivity index (χ4v) is 4.04. The Bertz CT molecular complexity index is 661. The number of hydrogen-bond acceptors (Lipinski definition) is 6. The van der Waals surface area contributed by atoms with Crippen LogP contribution in [-0.2, 0) is 14.8 Å². The van der Waals surface area contributed by atoms with E-state index in [0.29, 0.717) is 5.69 Å². The monoisotopic (exact) mass is 312 g/mol. The second-order valence-electron chi connectivity index (χ2n) is 4.77. The zero-order valence-electron chi connectivity index (χ0n) is 11.9. The van der Waals surface area contributed by atoms with Crippen LogP contribution >= 0.6 is 0 Å². The summed E-state index contributed by atoms with van der Waals surface area (Å²) in [6.07, 6.45) is -0.184. The van der Waals surface area contributed by atoms with Crippen LogP contribution in [-0.4, -0.2) is 54.9 Å². The summed E-state index contributed by atoms with van der Waals surface area (Å²) in [5.74, 6) is -0.0117. The summed E-state index contributed by atoms with van der Waals surface area (Å²) in [4.78, 5) is 13.2. The van der Waals surface area contributed by atoms with Gasteiger partial charge >= 0.3 is 0 Å². The van der Waals surface area contributed by atoms with Crippen LogP contribution in [0.2, 0.25) is 0 Å². The summed E-state index contributed by atoms with van der Waals surface area (Å²) >= 11 is 0. The number of sulfonamides is 1. The molecule has 0 aliphatic carbocycles. The van der Waals surface area contributed by atoms with Gasteiger partial charge in [-0.3, -0.25) is 4.79 Å². The van der Waals surface area contributed by atoms with Crippen LogP contribution in [0.1, 0.15) is 17.9 Å². The predicted molar refractivity (Wildman–Crippen MR) is 71.5 cm³/mol. The van der Waals surface area contributed by atoms with E-state index in [-0.39, 0.29) is 49.2 Å². The van der Waals surface area contributed by atoms with Gasteiger partial charge in [-0.1, -0.05) is 5.16 Å². The van der Waals surface area contributed by atoms with Crippen molar-refractivity contribution in [1.29, 1.82) is 5.26 Å². The average Bonchev–Trinajstić information content (AvgIpc) is 2.79. The van der Waals surface area contributed by atoms with Gasteiger partial charge in [0, 0.05) is 26.2 Å². The van der Waals surface area contributed by atoms with Gasteiger partial charge in [-0.15, -0.1) is 0 Å². The molecule has 1 aliphatic rings. The Hall–Kier alpha value is -1.92. The fourth-order valence-electron chi connectivity index (χ4n) is 2.33. The summed E-state index contributed by atoms with van der Waals surface area (Å²) in [5, 5.41) is 12.2. The van der Waals surface area contributed by atoms with Gasteiger partial charge < -0.3 is 9.42 Å². The third kappa shape index (κ3) is 2.91. The number of aromatic nitrogens is 1. The molecule has 21 heavy (non-hydrogen) atoms. The number of carbonyl (C=O) groups excluding carboxylic acids is 1. The SMILES string of the molecule is Cc1noc(C)c1S(=O)(=O)N1CCN(C(=O)CC#N)CC1. The summed E-state index contributed by atoms with van der Waals surface area (Å²) < 4.78 is 31.3. The number of aryl methyl sites for hydroxylation is 2. The van der Waals surface area contributed by atoms with E-state index in [0.717, 1.165) is 0 Å². The van der Waals surface area contributed by atoms with Crippen molar-refractivity contribution < 1.29 is 17.7 Å². The van der Waals surface area contributed by atoms with Gasteiger partial charge in [0.25, 0.3) is 0 Å². The Kier molecular flexibility index (Phi) is 4.29. The zero-order valence-corrected chi connectivity index (χ0v) is 12.7. The van der Waals surface area contributed by atoms with Gasteiger partial charge in [-0.25, -0.2) is 8.42 Å². The minimum atomic E-state index is -3.67. The lowest BCUT2D eigenvalue weighted by molar-refractivity contribution is -0.131. The van der Waals surface area contributed by atoms with E-state index in [1.807, 2.05) is 0 Å². The first-order valence-corrected chi connectivity index (χ1v) is 7.89. The van der Waals surface area contributed by atoms with Crippen molar-refractivity contribution in [2.45, 2.75) is 25.2 Å². The zero-order chi connectivity index (χ0) is 15.6. The second kappa shape index (κ2) is 5.83. The predicted octanol–water partition coefficient (Wildman–Crippen LogP) is 0.0380. The quantitative estimate of drug-likeness (QED) is 0.779. The van der Waals surface area contributed by atoms with Crippen molar-refractivity contribution in [3.8, 4) is 6.07 Å². The minimum absolute atomic E-state index is 0.0966. The maximum atomic E-state index is 12.6. The third-order valence-corrected chi connectivity index (χ3v) is 5.53. The van der Waals surface area contributed by atoms with Crippen LogP contribution in [0.4, 0.5) is 0 Å². The highest BCUT2D eigenvalue weighted by molar-refractivity contribution is 7.89. The summed E-state index contributed by atoms with van der Waals surface area (Å²) in [5.41, 5.74) is 0.329. The van der Waals surface area contributed by atoms with Crippen molar-refractivity contribution >= 4 is 15.9 Å². The number of nitrogens with zero attached hydrogens (tertiary/aromatic N) is 4. The third-order valence-electron chi connectivity index (χ3n) is 3.39. The molecule has 0 radical (unpaired) electrons. The van der Waals surface area contributed by atoms with Crippen LogP contribution in [0, 0.1) is 25.2 Å². The largest absolute Gasteiger partial charge is 0.360 e. The van der Waals surface area contributed by atoms with Crippen LogP contribution in [0.3, 0.4) is 0 Å². The summed E-state index contributed by atoms with van der Waals surface area (Å²) in [7, 11) is -3.67. The molecular formula is C12H16N4O4S. The molecule has 0 unspecified atom stereocenters. The smallest absolute Gasteiger partial charge is 0.248 e. The molecule has 0 aromatic carbocycles. The molecule has 1 aromatic rings. The van der Waals surface area contributed by atoms with Gasteiger partial charge in [0.2, 0.25) is 15.9 Å². The molecule has 1 fully saturated rings. The standard InChI is InChI=1S/C12H16N4O4S/c1-9-12(10(2)20-14-9)21(18,19)16-7-5-15(6-8-16)11(17)3-4-13/h3,5-8H2,1-2H3. The molecule has 1 amide bonds. The molecule has 1 aliphatic heterocycles. The highest BCUT2D eigenvalue weighted by Crippen LogP contribution is 2.24. The van der Waals surface area contributed by atoms with Gasteiger partial charge in [0.15, 0.2) is 5.76 Å². The van der Waals surface area contributed by atoms with E-state index >= 15 is 0 Å². The molecule has 114 valence electrons. The highest BCUT2D eigenvalue weighted by Gasteiger charge is 2.34. The van der Waals surface area contributed by atoms with Gasteiger partial charge in [0.1, 0.15) is 17.0 Å². The van der Waals surface area contributed by atoms with Crippen molar-refractivity contribution in [1.82, 2.24) is 14.4 Å². The van der Waals surface area contributed by atoms with E-state index in [1.54, 1.807) is 19.9 Å². The molecule has 0 bridgehead atoms. The van der Waals surface area contributed by atoms with E-state index in [2.05, 4.69) is 5.16 Å². The molecule has 0 N–H and O–H groups in total. The fraction of sp³-hybridized carbons (Fsp3) is 0.583. The molecule has 9 heteroatoms. The lowest BCUT2D eigenvalue weighted by atomic mass is 10.3. The van der Waals surface area contributed by atoms with Gasteiger partial charge in [-0.05, 0) is 13.8 Å². The molecule has 2 heterocycles. The number of rotatable bonds is 3. The molecular weight excluding hydrogens is 296 g/mol. The lowest BCUT2D eigenvalue weighted by Gasteiger charge is -2.33.